The normalized spacial score (nSPS) is 17.1. The zero-order valence-electron chi connectivity index (χ0n) is 20.9. The van der Waals surface area contributed by atoms with E-state index in [1.54, 1.807) is 44.2 Å². The number of benzene rings is 1. The van der Waals surface area contributed by atoms with Gasteiger partial charge in [0.25, 0.3) is 5.91 Å². The molecule has 0 unspecified atom stereocenters. The Balaban J connectivity index is 2.77. The van der Waals surface area contributed by atoms with Gasteiger partial charge < -0.3 is 47.6 Å². The van der Waals surface area contributed by atoms with E-state index in [0.29, 0.717) is 5.56 Å². The lowest BCUT2D eigenvalue weighted by Gasteiger charge is -2.30. The molecule has 0 heterocycles. The minimum atomic E-state index is -2.23. The molecule has 0 saturated carbocycles. The van der Waals surface area contributed by atoms with Crippen LogP contribution in [0.2, 0.25) is 0 Å². The lowest BCUT2D eigenvalue weighted by atomic mass is 9.96. The summed E-state index contributed by atoms with van der Waals surface area (Å²) in [6, 6.07) is 3.60. The molecule has 0 bridgehead atoms. The lowest BCUT2D eigenvalue weighted by molar-refractivity contribution is -0.145. The van der Waals surface area contributed by atoms with E-state index in [2.05, 4.69) is 10.6 Å². The molecule has 1 rings (SSSR count). The molecule has 0 spiro atoms. The number of carbonyl (C=O) groups excluding carboxylic acids is 3. The van der Waals surface area contributed by atoms with Gasteiger partial charge in [0.05, 0.1) is 37.2 Å². The Kier molecular flexibility index (Phi) is 13.3. The number of ketones is 1. The highest BCUT2D eigenvalue weighted by Crippen LogP contribution is 2.17. The molecule has 2 amide bonds. The number of amides is 2. The molecule has 11 N–H and O–H groups in total. The number of nitrogens with two attached hydrogens (primary N) is 2. The van der Waals surface area contributed by atoms with Gasteiger partial charge in [0, 0.05) is 6.42 Å². The highest BCUT2D eigenvalue weighted by molar-refractivity contribution is 5.86. The van der Waals surface area contributed by atoms with Crippen LogP contribution in [0.5, 0.6) is 0 Å². The van der Waals surface area contributed by atoms with Crippen molar-refractivity contribution in [2.75, 3.05) is 6.61 Å². The lowest BCUT2D eigenvalue weighted by Crippen LogP contribution is -2.58. The summed E-state index contributed by atoms with van der Waals surface area (Å²) in [6.07, 6.45) is -7.05. The van der Waals surface area contributed by atoms with Gasteiger partial charge in [-0.3, -0.25) is 19.2 Å². The average molecular weight is 527 g/mol. The van der Waals surface area contributed by atoms with Gasteiger partial charge in [0.15, 0.2) is 6.10 Å². The molecule has 37 heavy (non-hydrogen) atoms. The number of aliphatic hydroxyl groups is 4. The van der Waals surface area contributed by atoms with Gasteiger partial charge >= 0.3 is 5.97 Å². The molecular weight excluding hydrogens is 488 g/mol. The number of rotatable bonds is 16. The second kappa shape index (κ2) is 15.3. The van der Waals surface area contributed by atoms with Crippen LogP contribution in [0.1, 0.15) is 44.7 Å². The number of carboxylic acids is 1. The van der Waals surface area contributed by atoms with Gasteiger partial charge in [0.2, 0.25) is 5.91 Å². The van der Waals surface area contributed by atoms with Crippen molar-refractivity contribution in [1.29, 1.82) is 0 Å². The number of hydrogen-bond acceptors (Lipinski definition) is 10. The van der Waals surface area contributed by atoms with E-state index in [1.165, 1.54) is 0 Å². The topological polar surface area (TPSA) is 246 Å². The predicted molar refractivity (Wildman–Crippen MR) is 132 cm³/mol. The predicted octanol–water partition coefficient (Wildman–Crippen LogP) is -2.46. The van der Waals surface area contributed by atoms with Crippen LogP contribution in [-0.4, -0.2) is 92.1 Å². The molecule has 1 aromatic rings. The number of Topliss-reactive ketones (excluding diaryl/α,β-unsaturated/α-hetero) is 1. The van der Waals surface area contributed by atoms with Crippen LogP contribution in [0.3, 0.4) is 0 Å². The van der Waals surface area contributed by atoms with Crippen molar-refractivity contribution in [3.8, 4) is 0 Å². The first-order chi connectivity index (χ1) is 17.3. The first-order valence-corrected chi connectivity index (χ1v) is 11.9. The van der Waals surface area contributed by atoms with Crippen LogP contribution < -0.4 is 22.1 Å². The number of aliphatic hydroxyl groups excluding tert-OH is 4. The molecule has 1 aromatic carbocycles. The van der Waals surface area contributed by atoms with Crippen LogP contribution in [0, 0.1) is 5.92 Å². The number of carbonyl (C=O) groups is 4. The zero-order valence-corrected chi connectivity index (χ0v) is 20.9. The van der Waals surface area contributed by atoms with E-state index in [4.69, 9.17) is 16.6 Å². The third-order valence-electron chi connectivity index (χ3n) is 5.90. The largest absolute Gasteiger partial charge is 0.481 e. The monoisotopic (exact) mass is 526 g/mol. The van der Waals surface area contributed by atoms with Crippen LogP contribution in [0.25, 0.3) is 0 Å². The Labute approximate surface area is 214 Å². The molecule has 0 saturated heterocycles. The molecule has 0 fully saturated rings. The minimum Gasteiger partial charge on any atom is -0.481 e. The maximum atomic E-state index is 12.5. The van der Waals surface area contributed by atoms with Crippen LogP contribution in [0.15, 0.2) is 30.3 Å². The molecular formula is C24H38N4O9. The average Bonchev–Trinajstić information content (AvgIpc) is 2.87. The molecule has 13 nitrogen and oxygen atoms in total. The number of aliphatic carboxylic acids is 1. The van der Waals surface area contributed by atoms with Crippen molar-refractivity contribution in [3.63, 3.8) is 0 Å². The highest BCUT2D eigenvalue weighted by atomic mass is 16.4. The smallest absolute Gasteiger partial charge is 0.305 e. The van der Waals surface area contributed by atoms with Gasteiger partial charge in [-0.15, -0.1) is 0 Å². The fourth-order valence-electron chi connectivity index (χ4n) is 3.45. The molecule has 7 atom stereocenters. The first-order valence-electron chi connectivity index (χ1n) is 11.9. The number of carboxylic acid groups (broad SMARTS) is 1. The Morgan fingerprint density at radius 2 is 1.51 bits per heavy atom. The quantitative estimate of drug-likeness (QED) is 0.109. The third kappa shape index (κ3) is 10.1. The minimum absolute atomic E-state index is 0.0582. The van der Waals surface area contributed by atoms with Crippen molar-refractivity contribution in [2.24, 2.45) is 17.4 Å². The number of hydrogen-bond donors (Lipinski definition) is 9. The number of nitrogens with one attached hydrogen (secondary N) is 2. The summed E-state index contributed by atoms with van der Waals surface area (Å²) in [7, 11) is 0. The van der Waals surface area contributed by atoms with Crippen molar-refractivity contribution in [2.45, 2.75) is 75.6 Å². The zero-order chi connectivity index (χ0) is 28.3. The Bertz CT molecular complexity index is 899. The molecule has 208 valence electrons. The summed E-state index contributed by atoms with van der Waals surface area (Å²) < 4.78 is 0. The molecule has 0 aromatic heterocycles. The van der Waals surface area contributed by atoms with Gasteiger partial charge in [-0.25, -0.2) is 0 Å². The summed E-state index contributed by atoms with van der Waals surface area (Å²) in [5, 5.41) is 54.3. The van der Waals surface area contributed by atoms with Crippen molar-refractivity contribution in [3.05, 3.63) is 35.9 Å². The summed E-state index contributed by atoms with van der Waals surface area (Å²) in [6.45, 7) is 2.67. The Morgan fingerprint density at radius 3 is 2.03 bits per heavy atom. The van der Waals surface area contributed by atoms with Gasteiger partial charge in [-0.2, -0.15) is 0 Å². The highest BCUT2D eigenvalue weighted by Gasteiger charge is 2.37. The maximum absolute atomic E-state index is 12.5. The van der Waals surface area contributed by atoms with Crippen LogP contribution in [-0.2, 0) is 19.2 Å². The Hall–Kier alpha value is -2.94. The first kappa shape index (κ1) is 32.1. The van der Waals surface area contributed by atoms with Gasteiger partial charge in [-0.1, -0.05) is 44.2 Å². The van der Waals surface area contributed by atoms with E-state index in [1.807, 2.05) is 0 Å². The van der Waals surface area contributed by atoms with Crippen LogP contribution >= 0.6 is 0 Å². The van der Waals surface area contributed by atoms with E-state index in [9.17, 15) is 39.6 Å². The fraction of sp³-hybridized carbons (Fsp3) is 0.583. The second-order valence-electron chi connectivity index (χ2n) is 9.17. The summed E-state index contributed by atoms with van der Waals surface area (Å²) in [5.74, 6) is -3.62. The molecule has 13 heteroatoms. The summed E-state index contributed by atoms with van der Waals surface area (Å²) >= 11 is 0. The van der Waals surface area contributed by atoms with Gasteiger partial charge in [-0.05, 0) is 17.9 Å². The second-order valence-corrected chi connectivity index (χ2v) is 9.17. The van der Waals surface area contributed by atoms with Gasteiger partial charge in [0.1, 0.15) is 18.0 Å². The summed E-state index contributed by atoms with van der Waals surface area (Å²) in [4.78, 5) is 48.1. The van der Waals surface area contributed by atoms with Crippen molar-refractivity contribution < 1.29 is 44.7 Å². The van der Waals surface area contributed by atoms with E-state index in [0.717, 1.165) is 0 Å². The van der Waals surface area contributed by atoms with Crippen LogP contribution in [0.4, 0.5) is 0 Å². The van der Waals surface area contributed by atoms with E-state index >= 15 is 0 Å². The fourth-order valence-corrected chi connectivity index (χ4v) is 3.45. The SMILES string of the molecule is CC(C)[C@H](N)C(=O)CC[C@H](N)C(=O)N[C@@H](CO)[C@@H](O)[C@@H](O)[C@H](O)C(=O)N[C@@H](CC(=O)O)c1ccccc1. The van der Waals surface area contributed by atoms with E-state index < -0.39 is 73.3 Å². The molecule has 0 aliphatic carbocycles. The molecule has 0 aliphatic heterocycles. The van der Waals surface area contributed by atoms with Crippen molar-refractivity contribution >= 4 is 23.6 Å². The maximum Gasteiger partial charge on any atom is 0.305 e. The molecule has 0 radical (unpaired) electrons. The molecule has 0 aliphatic rings. The van der Waals surface area contributed by atoms with Crippen molar-refractivity contribution in [1.82, 2.24) is 10.6 Å². The standard InChI is InChI=1S/C24H38N4O9/c1-12(2)19(26)17(30)9-8-14(25)23(36)28-16(11-29)20(33)21(34)22(35)24(37)27-15(10-18(31)32)13-6-4-3-5-7-13/h3-7,12,14-16,19-22,29,33-35H,8-11,25-26H2,1-2H3,(H,27,37)(H,28,36)(H,31,32)/t14-,15-,16-,19-,20+,21+,22-/m0/s1. The third-order valence-corrected chi connectivity index (χ3v) is 5.90. The Morgan fingerprint density at radius 1 is 0.919 bits per heavy atom. The van der Waals surface area contributed by atoms with E-state index in [-0.39, 0.29) is 24.5 Å². The summed E-state index contributed by atoms with van der Waals surface area (Å²) in [5.41, 5.74) is 12.0.